The van der Waals surface area contributed by atoms with Crippen LogP contribution in [-0.2, 0) is 0 Å². The molecule has 0 aromatic carbocycles. The fourth-order valence-corrected chi connectivity index (χ4v) is 2.71. The molecule has 0 aliphatic heterocycles. The highest BCUT2D eigenvalue weighted by molar-refractivity contribution is 7.31. The van der Waals surface area contributed by atoms with Crippen LogP contribution in [0.1, 0.15) is 39.5 Å². The highest BCUT2D eigenvalue weighted by atomic mass is 31.1. The summed E-state index contributed by atoms with van der Waals surface area (Å²) in [4.78, 5) is 0. The van der Waals surface area contributed by atoms with Gasteiger partial charge in [0.05, 0.1) is 22.8 Å². The number of aliphatic hydroxyl groups excluding tert-OH is 1. The second kappa shape index (κ2) is 7.62. The number of nitrogens with zero attached hydrogens (tertiary/aromatic N) is 1. The lowest BCUT2D eigenvalue weighted by Gasteiger charge is -2.31. The van der Waals surface area contributed by atoms with Crippen LogP contribution in [0.15, 0.2) is 0 Å². The van der Waals surface area contributed by atoms with Gasteiger partial charge in [-0.1, -0.05) is 26.7 Å². The van der Waals surface area contributed by atoms with Crippen molar-refractivity contribution in [3.63, 3.8) is 0 Å². The van der Waals surface area contributed by atoms with Gasteiger partial charge in [0, 0.05) is 6.16 Å². The molecular weight excluding hydrogens is 193 g/mol. The van der Waals surface area contributed by atoms with Crippen LogP contribution in [0.5, 0.6) is 0 Å². The molecule has 0 heterocycles. The second-order valence-electron chi connectivity index (χ2n) is 4.57. The van der Waals surface area contributed by atoms with Gasteiger partial charge < -0.3 is 9.36 Å². The van der Waals surface area contributed by atoms with Crippen LogP contribution in [0.3, 0.4) is 0 Å². The summed E-state index contributed by atoms with van der Waals surface area (Å²) >= 11 is 0. The number of likely N-dealkylation sites (N-methyl/N-ethyl adjacent to an activating group) is 1. The van der Waals surface area contributed by atoms with E-state index in [1.807, 2.05) is 0 Å². The molecule has 0 fully saturated rings. The summed E-state index contributed by atoms with van der Waals surface area (Å²) < 4.78 is 0.985. The topological polar surface area (TPSA) is 20.2 Å². The minimum atomic E-state index is -0.102. The summed E-state index contributed by atoms with van der Waals surface area (Å²) in [5, 5.41) is 9.80. The average Bonchev–Trinajstić information content (AvgIpc) is 2.11. The van der Waals surface area contributed by atoms with E-state index in [9.17, 15) is 5.11 Å². The van der Waals surface area contributed by atoms with Crippen molar-refractivity contribution in [1.29, 1.82) is 0 Å². The van der Waals surface area contributed by atoms with Crippen molar-refractivity contribution in [1.82, 2.24) is 0 Å². The molecule has 0 saturated carbocycles. The summed E-state index contributed by atoms with van der Waals surface area (Å²) in [6, 6.07) is 0. The molecule has 86 valence electrons. The molecule has 1 N–H and O–H groups in total. The lowest BCUT2D eigenvalue weighted by atomic mass is 10.1. The molecule has 14 heavy (non-hydrogen) atoms. The van der Waals surface area contributed by atoms with E-state index in [2.05, 4.69) is 27.9 Å². The van der Waals surface area contributed by atoms with Crippen molar-refractivity contribution in [3.8, 4) is 0 Å². The van der Waals surface area contributed by atoms with Gasteiger partial charge in [-0.15, -0.1) is 0 Å². The first kappa shape index (κ1) is 14.3. The zero-order valence-corrected chi connectivity index (χ0v) is 11.2. The Hall–Kier alpha value is 0.350. The molecule has 0 aromatic rings. The van der Waals surface area contributed by atoms with E-state index >= 15 is 0 Å². The zero-order valence-electron chi connectivity index (χ0n) is 10.2. The molecule has 3 heteroatoms. The third kappa shape index (κ3) is 7.73. The van der Waals surface area contributed by atoms with E-state index in [1.54, 1.807) is 0 Å². The van der Waals surface area contributed by atoms with Crippen LogP contribution in [0.25, 0.3) is 0 Å². The predicted molar refractivity (Wildman–Crippen MR) is 66.0 cm³/mol. The van der Waals surface area contributed by atoms with Gasteiger partial charge in [-0.2, -0.15) is 0 Å². The number of unbranched alkanes of at least 4 members (excludes halogenated alkanes) is 1. The monoisotopic (exact) mass is 220 g/mol. The lowest BCUT2D eigenvalue weighted by molar-refractivity contribution is -0.764. The average molecular weight is 220 g/mol. The molecule has 2 unspecified atom stereocenters. The highest BCUT2D eigenvalue weighted by Crippen LogP contribution is 2.25. The molecule has 2 nitrogen and oxygen atoms in total. The van der Waals surface area contributed by atoms with E-state index in [-0.39, 0.29) is 6.10 Å². The normalized spacial score (nSPS) is 15.2. The first-order valence-electron chi connectivity index (χ1n) is 5.78. The summed E-state index contributed by atoms with van der Waals surface area (Å²) in [6.45, 7) is 5.31. The van der Waals surface area contributed by atoms with Gasteiger partial charge in [0.1, 0.15) is 12.6 Å². The molecular formula is C11H27NOP+. The van der Waals surface area contributed by atoms with Gasteiger partial charge in [-0.05, 0) is 12.8 Å². The molecule has 2 atom stereocenters. The number of hydrogen-bond donors (Lipinski definition) is 1. The highest BCUT2D eigenvalue weighted by Gasteiger charge is 2.19. The Labute approximate surface area is 91.1 Å². The van der Waals surface area contributed by atoms with Crippen molar-refractivity contribution in [3.05, 3.63) is 0 Å². The smallest absolute Gasteiger partial charge is 0.105 e. The summed E-state index contributed by atoms with van der Waals surface area (Å²) in [5.74, 6) is 0. The van der Waals surface area contributed by atoms with E-state index in [1.165, 1.54) is 19.0 Å². The van der Waals surface area contributed by atoms with Crippen LogP contribution in [-0.4, -0.2) is 42.3 Å². The number of aliphatic hydroxyl groups is 1. The SMILES string of the molecule is CCCCC(O)C[N+](C)(C)PCCC. The van der Waals surface area contributed by atoms with Gasteiger partial charge in [-0.25, -0.2) is 0 Å². The largest absolute Gasteiger partial charge is 0.387 e. The predicted octanol–water partition coefficient (Wildman–Crippen LogP) is 2.62. The quantitative estimate of drug-likeness (QED) is 0.623. The van der Waals surface area contributed by atoms with Crippen LogP contribution in [0.4, 0.5) is 0 Å². The minimum absolute atomic E-state index is 0.102. The Morgan fingerprint density at radius 3 is 2.36 bits per heavy atom. The molecule has 0 amide bonds. The molecule has 0 radical (unpaired) electrons. The summed E-state index contributed by atoms with van der Waals surface area (Å²) in [5.41, 5.74) is 0. The fraction of sp³-hybridized carbons (Fsp3) is 1.00. The number of quaternary nitrogens is 1. The number of rotatable bonds is 8. The molecule has 0 aliphatic carbocycles. The van der Waals surface area contributed by atoms with E-state index in [0.29, 0.717) is 0 Å². The van der Waals surface area contributed by atoms with Crippen molar-refractivity contribution in [2.75, 3.05) is 26.8 Å². The van der Waals surface area contributed by atoms with E-state index in [0.717, 1.165) is 32.4 Å². The maximum atomic E-state index is 9.80. The Morgan fingerprint density at radius 1 is 1.21 bits per heavy atom. The van der Waals surface area contributed by atoms with Gasteiger partial charge in [0.15, 0.2) is 0 Å². The van der Waals surface area contributed by atoms with Crippen molar-refractivity contribution < 1.29 is 9.36 Å². The Balaban J connectivity index is 3.70. The van der Waals surface area contributed by atoms with Crippen LogP contribution in [0, 0.1) is 0 Å². The van der Waals surface area contributed by atoms with Crippen LogP contribution >= 0.6 is 8.73 Å². The van der Waals surface area contributed by atoms with Crippen molar-refractivity contribution in [2.24, 2.45) is 0 Å². The first-order valence-corrected chi connectivity index (χ1v) is 6.93. The van der Waals surface area contributed by atoms with Crippen molar-refractivity contribution in [2.45, 2.75) is 45.6 Å². The van der Waals surface area contributed by atoms with Crippen LogP contribution < -0.4 is 0 Å². The van der Waals surface area contributed by atoms with Crippen LogP contribution in [0.2, 0.25) is 0 Å². The zero-order chi connectivity index (χ0) is 11.0. The summed E-state index contributed by atoms with van der Waals surface area (Å²) in [7, 11) is 5.39. The van der Waals surface area contributed by atoms with E-state index in [4.69, 9.17) is 0 Å². The minimum Gasteiger partial charge on any atom is -0.387 e. The Morgan fingerprint density at radius 2 is 1.86 bits per heavy atom. The fourth-order valence-electron chi connectivity index (χ4n) is 1.54. The summed E-state index contributed by atoms with van der Waals surface area (Å²) in [6.07, 6.45) is 5.74. The Kier molecular flexibility index (Phi) is 7.81. The van der Waals surface area contributed by atoms with Gasteiger partial charge in [0.25, 0.3) is 0 Å². The maximum Gasteiger partial charge on any atom is 0.105 e. The van der Waals surface area contributed by atoms with E-state index < -0.39 is 0 Å². The Bertz CT molecular complexity index is 139. The lowest BCUT2D eigenvalue weighted by Crippen LogP contribution is -2.38. The van der Waals surface area contributed by atoms with Gasteiger partial charge in [0.2, 0.25) is 0 Å². The maximum absolute atomic E-state index is 9.80. The van der Waals surface area contributed by atoms with Gasteiger partial charge >= 0.3 is 0 Å². The number of hydrogen-bond acceptors (Lipinski definition) is 1. The molecule has 0 aromatic heterocycles. The molecule has 0 aliphatic rings. The standard InChI is InChI=1S/C11H27NOP/c1-5-7-8-11(13)10-12(3,4)14-9-6-2/h11,13-14H,5-10H2,1-4H3/q+1. The molecule has 0 saturated heterocycles. The first-order chi connectivity index (χ1) is 6.52. The molecule has 0 rings (SSSR count). The van der Waals surface area contributed by atoms with Crippen molar-refractivity contribution >= 4 is 8.73 Å². The second-order valence-corrected chi connectivity index (χ2v) is 6.60. The third-order valence-electron chi connectivity index (χ3n) is 2.35. The molecule has 0 bridgehead atoms. The van der Waals surface area contributed by atoms with Gasteiger partial charge in [-0.3, -0.25) is 0 Å². The third-order valence-corrected chi connectivity index (χ3v) is 4.11. The molecule has 0 spiro atoms.